The highest BCUT2D eigenvalue weighted by molar-refractivity contribution is 6.27. The molecule has 7 heavy (non-hydrogen) atoms. The van der Waals surface area contributed by atoms with Gasteiger partial charge in [-0.15, -0.1) is 23.2 Å². The maximum Gasteiger partial charge on any atom is 0.0982 e. The molecule has 0 rings (SSSR count). The SMILES string of the molecule is CN(C)C(Cl)CCl. The van der Waals surface area contributed by atoms with E-state index < -0.39 is 0 Å². The molecule has 0 aromatic carbocycles. The van der Waals surface area contributed by atoms with Gasteiger partial charge in [0.1, 0.15) is 0 Å². The zero-order chi connectivity index (χ0) is 5.86. The van der Waals surface area contributed by atoms with Gasteiger partial charge < -0.3 is 0 Å². The Labute approximate surface area is 54.2 Å². The molecule has 0 saturated carbocycles. The molecular weight excluding hydrogens is 133 g/mol. The van der Waals surface area contributed by atoms with Crippen LogP contribution in [0.2, 0.25) is 0 Å². The number of rotatable bonds is 2. The monoisotopic (exact) mass is 141 g/mol. The zero-order valence-corrected chi connectivity index (χ0v) is 6.00. The van der Waals surface area contributed by atoms with Gasteiger partial charge in [0.05, 0.1) is 11.4 Å². The Hall–Kier alpha value is 0.540. The molecule has 1 atom stereocenters. The lowest BCUT2D eigenvalue weighted by molar-refractivity contribution is 0.399. The summed E-state index contributed by atoms with van der Waals surface area (Å²) in [5.74, 6) is 0.481. The molecule has 0 heterocycles. The number of hydrogen-bond donors (Lipinski definition) is 0. The van der Waals surface area contributed by atoms with E-state index in [1.54, 1.807) is 0 Å². The van der Waals surface area contributed by atoms with Crippen LogP contribution in [0.5, 0.6) is 0 Å². The van der Waals surface area contributed by atoms with E-state index in [0.29, 0.717) is 5.88 Å². The van der Waals surface area contributed by atoms with E-state index in [4.69, 9.17) is 23.2 Å². The average Bonchev–Trinajstić information content (AvgIpc) is 1.65. The van der Waals surface area contributed by atoms with Crippen molar-refractivity contribution in [3.8, 4) is 0 Å². The van der Waals surface area contributed by atoms with Gasteiger partial charge in [-0.1, -0.05) is 0 Å². The smallest absolute Gasteiger partial charge is 0.0982 e. The molecule has 0 aliphatic rings. The van der Waals surface area contributed by atoms with E-state index in [2.05, 4.69) is 0 Å². The summed E-state index contributed by atoms with van der Waals surface area (Å²) in [4.78, 5) is 1.86. The lowest BCUT2D eigenvalue weighted by Crippen LogP contribution is -2.23. The Bertz CT molecular complexity index is 47.0. The van der Waals surface area contributed by atoms with E-state index >= 15 is 0 Å². The Morgan fingerprint density at radius 1 is 1.57 bits per heavy atom. The van der Waals surface area contributed by atoms with Crippen molar-refractivity contribution < 1.29 is 0 Å². The second-order valence-corrected chi connectivity index (χ2v) is 2.36. The molecule has 0 fully saturated rings. The number of alkyl halides is 2. The number of hydrogen-bond acceptors (Lipinski definition) is 1. The first-order valence-corrected chi connectivity index (χ1v) is 3.02. The highest BCUT2D eigenvalue weighted by Gasteiger charge is 2.01. The minimum absolute atomic E-state index is 0.0262. The standard InChI is InChI=1S/C4H9Cl2N/c1-7(2)4(6)3-5/h4H,3H2,1-2H3. The van der Waals surface area contributed by atoms with Gasteiger partial charge in [-0.05, 0) is 14.1 Å². The quantitative estimate of drug-likeness (QED) is 0.415. The lowest BCUT2D eigenvalue weighted by Gasteiger charge is -2.12. The topological polar surface area (TPSA) is 3.24 Å². The third-order valence-electron chi connectivity index (χ3n) is 0.688. The molecule has 0 aromatic rings. The van der Waals surface area contributed by atoms with Crippen molar-refractivity contribution in [2.24, 2.45) is 0 Å². The van der Waals surface area contributed by atoms with Crippen LogP contribution in [0, 0.1) is 0 Å². The van der Waals surface area contributed by atoms with E-state index in [1.807, 2.05) is 19.0 Å². The van der Waals surface area contributed by atoms with Crippen LogP contribution >= 0.6 is 23.2 Å². The number of halogens is 2. The van der Waals surface area contributed by atoms with E-state index in [9.17, 15) is 0 Å². The summed E-state index contributed by atoms with van der Waals surface area (Å²) in [7, 11) is 3.78. The number of nitrogens with zero attached hydrogens (tertiary/aromatic N) is 1. The molecule has 0 bridgehead atoms. The van der Waals surface area contributed by atoms with Crippen LogP contribution in [0.15, 0.2) is 0 Å². The first-order chi connectivity index (χ1) is 3.18. The molecule has 0 aliphatic carbocycles. The fourth-order valence-corrected chi connectivity index (χ4v) is 0.414. The predicted molar refractivity (Wildman–Crippen MR) is 34.0 cm³/mol. The second kappa shape index (κ2) is 3.53. The largest absolute Gasteiger partial charge is 0.293 e. The minimum Gasteiger partial charge on any atom is -0.293 e. The summed E-state index contributed by atoms with van der Waals surface area (Å²) >= 11 is 11.0. The highest BCUT2D eigenvalue weighted by atomic mass is 35.5. The van der Waals surface area contributed by atoms with Gasteiger partial charge in [-0.2, -0.15) is 0 Å². The van der Waals surface area contributed by atoms with Gasteiger partial charge in [0.2, 0.25) is 0 Å². The molecule has 0 amide bonds. The van der Waals surface area contributed by atoms with Crippen LogP contribution in [0.3, 0.4) is 0 Å². The van der Waals surface area contributed by atoms with Crippen molar-refractivity contribution in [2.75, 3.05) is 20.0 Å². The van der Waals surface area contributed by atoms with Crippen molar-refractivity contribution in [1.29, 1.82) is 0 Å². The normalized spacial score (nSPS) is 15.0. The maximum absolute atomic E-state index is 5.59. The average molecular weight is 142 g/mol. The van der Waals surface area contributed by atoms with Gasteiger partial charge >= 0.3 is 0 Å². The molecule has 0 aromatic heterocycles. The van der Waals surface area contributed by atoms with E-state index in [-0.39, 0.29) is 5.50 Å². The second-order valence-electron chi connectivity index (χ2n) is 1.55. The summed E-state index contributed by atoms with van der Waals surface area (Å²) in [5, 5.41) is 0. The van der Waals surface area contributed by atoms with Gasteiger partial charge in [-0.3, -0.25) is 4.90 Å². The van der Waals surface area contributed by atoms with Crippen molar-refractivity contribution >= 4 is 23.2 Å². The van der Waals surface area contributed by atoms with Crippen LogP contribution in [-0.2, 0) is 0 Å². The molecular formula is C4H9Cl2N. The van der Waals surface area contributed by atoms with Gasteiger partial charge in [0.15, 0.2) is 0 Å². The van der Waals surface area contributed by atoms with Gasteiger partial charge in [-0.25, -0.2) is 0 Å². The maximum atomic E-state index is 5.59. The predicted octanol–water partition coefficient (Wildman–Crippen LogP) is 1.35. The summed E-state index contributed by atoms with van der Waals surface area (Å²) in [5.41, 5.74) is -0.0262. The Balaban J connectivity index is 3.14. The molecule has 0 N–H and O–H groups in total. The van der Waals surface area contributed by atoms with Crippen LogP contribution in [0.4, 0.5) is 0 Å². The summed E-state index contributed by atoms with van der Waals surface area (Å²) in [6, 6.07) is 0. The summed E-state index contributed by atoms with van der Waals surface area (Å²) in [6.45, 7) is 0. The molecule has 3 heteroatoms. The summed E-state index contributed by atoms with van der Waals surface area (Å²) < 4.78 is 0. The molecule has 44 valence electrons. The van der Waals surface area contributed by atoms with Crippen LogP contribution < -0.4 is 0 Å². The summed E-state index contributed by atoms with van der Waals surface area (Å²) in [6.07, 6.45) is 0. The third-order valence-corrected chi connectivity index (χ3v) is 1.68. The van der Waals surface area contributed by atoms with E-state index in [1.165, 1.54) is 0 Å². The fraction of sp³-hybridized carbons (Fsp3) is 1.00. The zero-order valence-electron chi connectivity index (χ0n) is 4.49. The van der Waals surface area contributed by atoms with Crippen LogP contribution in [-0.4, -0.2) is 30.4 Å². The third kappa shape index (κ3) is 3.15. The molecule has 0 saturated heterocycles. The Morgan fingerprint density at radius 3 is 2.00 bits per heavy atom. The Kier molecular flexibility index (Phi) is 3.80. The highest BCUT2D eigenvalue weighted by Crippen LogP contribution is 1.99. The molecule has 0 aliphatic heterocycles. The molecule has 0 spiro atoms. The first kappa shape index (κ1) is 7.54. The molecule has 1 nitrogen and oxygen atoms in total. The van der Waals surface area contributed by atoms with Crippen molar-refractivity contribution in [2.45, 2.75) is 5.50 Å². The van der Waals surface area contributed by atoms with Crippen molar-refractivity contribution in [3.05, 3.63) is 0 Å². The van der Waals surface area contributed by atoms with E-state index in [0.717, 1.165) is 0 Å². The molecule has 0 radical (unpaired) electrons. The van der Waals surface area contributed by atoms with Crippen molar-refractivity contribution in [3.63, 3.8) is 0 Å². The van der Waals surface area contributed by atoms with Gasteiger partial charge in [0, 0.05) is 0 Å². The van der Waals surface area contributed by atoms with Gasteiger partial charge in [0.25, 0.3) is 0 Å². The Morgan fingerprint density at radius 2 is 2.00 bits per heavy atom. The molecule has 1 unspecified atom stereocenters. The lowest BCUT2D eigenvalue weighted by atomic mass is 10.7. The van der Waals surface area contributed by atoms with Crippen LogP contribution in [0.25, 0.3) is 0 Å². The van der Waals surface area contributed by atoms with Crippen LogP contribution in [0.1, 0.15) is 0 Å². The first-order valence-electron chi connectivity index (χ1n) is 2.05. The fourth-order valence-electron chi connectivity index (χ4n) is 0.138. The van der Waals surface area contributed by atoms with Crippen molar-refractivity contribution in [1.82, 2.24) is 4.90 Å². The minimum atomic E-state index is -0.0262.